The second-order valence-electron chi connectivity index (χ2n) is 6.03. The lowest BCUT2D eigenvalue weighted by atomic mass is 10.1. The van der Waals surface area contributed by atoms with Crippen molar-refractivity contribution < 1.29 is 22.5 Å². The minimum Gasteiger partial charge on any atom is -0.344 e. The summed E-state index contributed by atoms with van der Waals surface area (Å²) in [4.78, 5) is 32.8. The molecular weight excluding hydrogens is 386 g/mol. The van der Waals surface area contributed by atoms with E-state index in [1.165, 1.54) is 6.07 Å². The quantitative estimate of drug-likeness (QED) is 0.636. The highest BCUT2D eigenvalue weighted by atomic mass is 32.2. The van der Waals surface area contributed by atoms with Gasteiger partial charge in [-0.05, 0) is 18.6 Å². The van der Waals surface area contributed by atoms with Crippen LogP contribution in [0.5, 0.6) is 0 Å². The molecule has 28 heavy (non-hydrogen) atoms. The Morgan fingerprint density at radius 2 is 2.04 bits per heavy atom. The number of sulfonamides is 1. The highest BCUT2D eigenvalue weighted by Crippen LogP contribution is 2.22. The lowest BCUT2D eigenvalue weighted by Crippen LogP contribution is -2.42. The number of amidine groups is 1. The summed E-state index contributed by atoms with van der Waals surface area (Å²) >= 11 is 0. The molecule has 2 N–H and O–H groups in total. The number of carbonyl (C=O) groups is 2. The molecule has 0 fully saturated rings. The van der Waals surface area contributed by atoms with E-state index in [-0.39, 0.29) is 23.2 Å². The Labute approximate surface area is 161 Å². The van der Waals surface area contributed by atoms with Crippen molar-refractivity contribution >= 4 is 27.5 Å². The van der Waals surface area contributed by atoms with Gasteiger partial charge in [-0.3, -0.25) is 19.3 Å². The van der Waals surface area contributed by atoms with Gasteiger partial charge >= 0.3 is 0 Å². The zero-order chi connectivity index (χ0) is 20.3. The summed E-state index contributed by atoms with van der Waals surface area (Å²) in [5, 5.41) is 6.23. The molecule has 0 saturated heterocycles. The Morgan fingerprint density at radius 3 is 2.71 bits per heavy atom. The Balaban J connectivity index is 1.68. The number of ketones is 1. The average Bonchev–Trinajstić information content (AvgIpc) is 3.27. The molecular formula is C17H19N5O5S. The molecule has 0 bridgehead atoms. The average molecular weight is 405 g/mol. The van der Waals surface area contributed by atoms with Gasteiger partial charge < -0.3 is 9.84 Å². The molecule has 0 aliphatic carbocycles. The van der Waals surface area contributed by atoms with Gasteiger partial charge in [0, 0.05) is 12.0 Å². The standard InChI is InChI=1S/C17H19N5O5S/c1-3-11(15(24)17-20-13(4-2)21-27-17)19-14(23)9-18-16-10-7-5-6-8-12(10)28(25,26)22-16/h5-8,11H,3-4,9H2,1-2H3,(H,18,22)(H,19,23)/t11-/m0/s1. The molecule has 2 heterocycles. The Bertz CT molecular complexity index is 1040. The van der Waals surface area contributed by atoms with Crippen LogP contribution in [-0.2, 0) is 21.2 Å². The second kappa shape index (κ2) is 7.89. The van der Waals surface area contributed by atoms with Gasteiger partial charge in [0.25, 0.3) is 15.9 Å². The zero-order valence-corrected chi connectivity index (χ0v) is 16.1. The van der Waals surface area contributed by atoms with E-state index in [2.05, 4.69) is 25.2 Å². The van der Waals surface area contributed by atoms with Crippen molar-refractivity contribution in [2.45, 2.75) is 37.6 Å². The predicted molar refractivity (Wildman–Crippen MR) is 98.4 cm³/mol. The fourth-order valence-electron chi connectivity index (χ4n) is 2.64. The molecule has 0 spiro atoms. The number of aliphatic imine (C=N–C) groups is 1. The minimum atomic E-state index is -3.67. The Hall–Kier alpha value is -3.08. The molecule has 0 unspecified atom stereocenters. The number of aryl methyl sites for hydroxylation is 1. The summed E-state index contributed by atoms with van der Waals surface area (Å²) < 4.78 is 31.3. The van der Waals surface area contributed by atoms with Gasteiger partial charge in [0.15, 0.2) is 5.82 Å². The zero-order valence-electron chi connectivity index (χ0n) is 15.3. The van der Waals surface area contributed by atoms with Crippen molar-refractivity contribution in [1.29, 1.82) is 0 Å². The number of fused-ring (bicyclic) bond motifs is 1. The summed E-state index contributed by atoms with van der Waals surface area (Å²) in [7, 11) is -3.67. The number of hydrogen-bond acceptors (Lipinski definition) is 8. The number of rotatable bonds is 7. The van der Waals surface area contributed by atoms with Gasteiger partial charge in [0.1, 0.15) is 12.4 Å². The molecule has 2 aromatic rings. The van der Waals surface area contributed by atoms with Gasteiger partial charge in [-0.2, -0.15) is 4.98 Å². The van der Waals surface area contributed by atoms with Gasteiger partial charge in [-0.15, -0.1) is 0 Å². The molecule has 1 aliphatic rings. The second-order valence-corrected chi connectivity index (χ2v) is 7.68. The smallest absolute Gasteiger partial charge is 0.296 e. The predicted octanol–water partition coefficient (Wildman–Crippen LogP) is 0.448. The number of benzene rings is 1. The maximum Gasteiger partial charge on any atom is 0.296 e. The largest absolute Gasteiger partial charge is 0.344 e. The van der Waals surface area contributed by atoms with Gasteiger partial charge in [-0.1, -0.05) is 31.1 Å². The minimum absolute atomic E-state index is 0.0922. The summed E-state index contributed by atoms with van der Waals surface area (Å²) in [5.74, 6) is -0.681. The molecule has 3 rings (SSSR count). The van der Waals surface area contributed by atoms with Crippen LogP contribution in [0.1, 0.15) is 42.3 Å². The fourth-order valence-corrected chi connectivity index (χ4v) is 3.89. The molecule has 1 amide bonds. The first-order valence-corrected chi connectivity index (χ1v) is 10.2. The van der Waals surface area contributed by atoms with Crippen molar-refractivity contribution in [2.24, 2.45) is 4.99 Å². The van der Waals surface area contributed by atoms with E-state index in [9.17, 15) is 18.0 Å². The highest BCUT2D eigenvalue weighted by Gasteiger charge is 2.30. The van der Waals surface area contributed by atoms with E-state index < -0.39 is 27.8 Å². The van der Waals surface area contributed by atoms with Crippen LogP contribution in [0.2, 0.25) is 0 Å². The van der Waals surface area contributed by atoms with Crippen molar-refractivity contribution in [3.63, 3.8) is 0 Å². The maximum absolute atomic E-state index is 12.4. The molecule has 0 radical (unpaired) electrons. The van der Waals surface area contributed by atoms with Crippen molar-refractivity contribution in [3.05, 3.63) is 41.5 Å². The third-order valence-electron chi connectivity index (χ3n) is 4.10. The van der Waals surface area contributed by atoms with E-state index in [1.807, 2.05) is 6.92 Å². The number of amides is 1. The van der Waals surface area contributed by atoms with Crippen LogP contribution in [0.25, 0.3) is 0 Å². The molecule has 10 nitrogen and oxygen atoms in total. The van der Waals surface area contributed by atoms with Crippen molar-refractivity contribution in [3.8, 4) is 0 Å². The van der Waals surface area contributed by atoms with Crippen LogP contribution >= 0.6 is 0 Å². The summed E-state index contributed by atoms with van der Waals surface area (Å²) in [6.45, 7) is 3.21. The first-order chi connectivity index (χ1) is 13.4. The van der Waals surface area contributed by atoms with Gasteiger partial charge in [-0.25, -0.2) is 8.42 Å². The summed E-state index contributed by atoms with van der Waals surface area (Å²) in [6, 6.07) is 5.50. The van der Waals surface area contributed by atoms with Crippen LogP contribution < -0.4 is 10.0 Å². The van der Waals surface area contributed by atoms with E-state index in [0.717, 1.165) is 0 Å². The summed E-state index contributed by atoms with van der Waals surface area (Å²) in [5.41, 5.74) is 0.399. The molecule has 1 aromatic heterocycles. The van der Waals surface area contributed by atoms with Crippen LogP contribution in [0.3, 0.4) is 0 Å². The van der Waals surface area contributed by atoms with Gasteiger partial charge in [0.05, 0.1) is 10.9 Å². The number of nitrogens with one attached hydrogen (secondary N) is 2. The monoisotopic (exact) mass is 405 g/mol. The van der Waals surface area contributed by atoms with Crippen LogP contribution in [0.15, 0.2) is 38.7 Å². The molecule has 1 aliphatic heterocycles. The van der Waals surface area contributed by atoms with Crippen molar-refractivity contribution in [1.82, 2.24) is 20.2 Å². The third-order valence-corrected chi connectivity index (χ3v) is 5.50. The van der Waals surface area contributed by atoms with Crippen LogP contribution in [-0.4, -0.2) is 48.7 Å². The van der Waals surface area contributed by atoms with E-state index in [4.69, 9.17) is 4.52 Å². The highest BCUT2D eigenvalue weighted by molar-refractivity contribution is 7.90. The number of nitrogens with zero attached hydrogens (tertiary/aromatic N) is 3. The molecule has 1 aromatic carbocycles. The van der Waals surface area contributed by atoms with Crippen molar-refractivity contribution in [2.75, 3.05) is 6.54 Å². The third kappa shape index (κ3) is 3.93. The number of hydrogen-bond donors (Lipinski definition) is 2. The van der Waals surface area contributed by atoms with Gasteiger partial charge in [0.2, 0.25) is 11.7 Å². The maximum atomic E-state index is 12.4. The number of carbonyl (C=O) groups excluding carboxylic acids is 2. The normalized spacial score (nSPS) is 17.0. The van der Waals surface area contributed by atoms with E-state index >= 15 is 0 Å². The SMILES string of the molecule is CCc1noc(C(=O)[C@H](CC)NC(=O)CN=C2NS(=O)(=O)c3ccccc32)n1. The molecule has 1 atom stereocenters. The Morgan fingerprint density at radius 1 is 1.29 bits per heavy atom. The fraction of sp³-hybridized carbons (Fsp3) is 0.353. The van der Waals surface area contributed by atoms with Crippen LogP contribution in [0.4, 0.5) is 0 Å². The van der Waals surface area contributed by atoms with Crippen LogP contribution in [0, 0.1) is 0 Å². The molecule has 148 valence electrons. The molecule has 11 heteroatoms. The first kappa shape index (κ1) is 19.7. The topological polar surface area (TPSA) is 144 Å². The first-order valence-electron chi connectivity index (χ1n) is 8.68. The number of aromatic nitrogens is 2. The lowest BCUT2D eigenvalue weighted by Gasteiger charge is -2.12. The van der Waals surface area contributed by atoms with E-state index in [1.54, 1.807) is 25.1 Å². The summed E-state index contributed by atoms with van der Waals surface area (Å²) in [6.07, 6.45) is 0.843. The molecule has 0 saturated carbocycles. The van der Waals surface area contributed by atoms with E-state index in [0.29, 0.717) is 24.2 Å². The number of Topliss-reactive ketones (excluding diaryl/α,β-unsaturated/α-hetero) is 1. The Kier molecular flexibility index (Phi) is 5.54. The lowest BCUT2D eigenvalue weighted by molar-refractivity contribution is -0.120.